The summed E-state index contributed by atoms with van der Waals surface area (Å²) in [6.45, 7) is 15.3. The summed E-state index contributed by atoms with van der Waals surface area (Å²) in [7, 11) is 1.00. The number of benzene rings is 8. The number of carboxylic acids is 1. The quantitative estimate of drug-likeness (QED) is 0.0380. The fraction of sp³-hybridized carbons (Fsp3) is 0.200. The predicted octanol–water partition coefficient (Wildman–Crippen LogP) is 14.9. The van der Waals surface area contributed by atoms with Crippen LogP contribution in [-0.2, 0) is 17.8 Å². The van der Waals surface area contributed by atoms with E-state index in [4.69, 9.17) is 9.84 Å². The van der Waals surface area contributed by atoms with Crippen LogP contribution < -0.4 is 10.6 Å². The maximum Gasteiger partial charge on any atom is 0.338 e. The summed E-state index contributed by atoms with van der Waals surface area (Å²) in [4.78, 5) is 70.7. The Morgan fingerprint density at radius 1 is 0.517 bits per heavy atom. The molecular weight excluding hydrogens is 1100 g/mol. The van der Waals surface area contributed by atoms with Gasteiger partial charge in [-0.15, -0.1) is 0 Å². The highest BCUT2D eigenvalue weighted by molar-refractivity contribution is 6.01. The number of hydrogen-bond donors (Lipinski definition) is 4. The van der Waals surface area contributed by atoms with Crippen LogP contribution in [-0.4, -0.2) is 66.7 Å². The number of aryl methyl sites for hydroxylation is 2. The minimum atomic E-state index is -0.955. The lowest BCUT2D eigenvalue weighted by Gasteiger charge is -2.15. The summed E-state index contributed by atoms with van der Waals surface area (Å²) >= 11 is 0. The van der Waals surface area contributed by atoms with Crippen molar-refractivity contribution in [2.45, 2.75) is 81.1 Å². The molecule has 0 aliphatic rings. The van der Waals surface area contributed by atoms with Gasteiger partial charge in [0.05, 0.1) is 39.7 Å². The molecule has 8 aromatic carbocycles. The number of esters is 1. The molecule has 446 valence electrons. The van der Waals surface area contributed by atoms with Gasteiger partial charge in [0.2, 0.25) is 0 Å². The third-order valence-corrected chi connectivity index (χ3v) is 15.5. The Morgan fingerprint density at radius 2 is 0.874 bits per heavy atom. The SMILES string of the molecule is C.CCOC(=O)c1ccc(-c2ccccc2Cn2c(C)c(C)c3cc(C(=O)N[C@@H](C)c4ccc([N+](=O)[O-])cc4)ccc32)cc1.CO.Cc1c(C)n(Cc2ccccc2-c2ccc(C(=O)O)cc2)c2ccc(C(=O)N[C@@H](C)c3ccc([N+](=O)[O-])cc3)cc12. The Labute approximate surface area is 504 Å². The summed E-state index contributed by atoms with van der Waals surface area (Å²) in [5.41, 5.74) is 16.1. The van der Waals surface area contributed by atoms with E-state index in [1.165, 1.54) is 24.3 Å². The van der Waals surface area contributed by atoms with Crippen LogP contribution in [0.1, 0.15) is 126 Å². The number of nitro benzene ring substituents is 2. The fourth-order valence-corrected chi connectivity index (χ4v) is 10.5. The number of aromatic nitrogens is 2. The standard InChI is InChI=1S/C35H33N3O5.C33H29N3O5.CH4O.CH4/c1-5-43-35(40)27-12-10-26(11-13-27)31-9-7-6-8-29(31)21-37-24(4)22(2)32-20-28(16-19-33(32)37)34(39)36-23(3)25-14-17-30(18-15-25)38(41)42;1-20-22(3)35(19-27-6-4-5-7-29(27)24-8-10-25(11-9-24)33(38)39)31-17-14-26(18-30(20)31)32(37)34-21(2)23-12-15-28(16-13-23)36(40)41;1-2;/h6-20,23H,5,21H2,1-4H3,(H,36,39);4-18,21H,19H2,1-3H3,(H,34,37)(H,38,39);2H,1H3;1H4/t23-;21-;;/m00../s1. The van der Waals surface area contributed by atoms with Gasteiger partial charge in [0.25, 0.3) is 23.2 Å². The van der Waals surface area contributed by atoms with Crippen LogP contribution in [0.5, 0.6) is 0 Å². The smallest absolute Gasteiger partial charge is 0.338 e. The molecule has 0 saturated carbocycles. The lowest BCUT2D eigenvalue weighted by atomic mass is 9.98. The molecule has 2 aromatic heterocycles. The first-order valence-corrected chi connectivity index (χ1v) is 27.8. The maximum absolute atomic E-state index is 13.2. The Balaban J connectivity index is 0.000000239. The zero-order chi connectivity index (χ0) is 61.9. The number of nitro groups is 2. The largest absolute Gasteiger partial charge is 0.478 e. The molecule has 0 saturated heterocycles. The fourth-order valence-electron chi connectivity index (χ4n) is 10.5. The van der Waals surface area contributed by atoms with Crippen molar-refractivity contribution in [1.29, 1.82) is 0 Å². The normalized spacial score (nSPS) is 11.4. The number of carbonyl (C=O) groups excluding carboxylic acids is 3. The van der Waals surface area contributed by atoms with Crippen LogP contribution in [0.2, 0.25) is 0 Å². The molecule has 10 rings (SSSR count). The van der Waals surface area contributed by atoms with Gasteiger partial charge < -0.3 is 34.7 Å². The summed E-state index contributed by atoms with van der Waals surface area (Å²) in [5.74, 6) is -1.73. The zero-order valence-corrected chi connectivity index (χ0v) is 49.0. The average Bonchev–Trinajstić information content (AvgIpc) is 1.78. The molecule has 0 radical (unpaired) electrons. The number of rotatable bonds is 17. The van der Waals surface area contributed by atoms with E-state index >= 15 is 0 Å². The number of aromatic carboxylic acids is 1. The minimum Gasteiger partial charge on any atom is -0.478 e. The first kappa shape index (κ1) is 64.0. The number of fused-ring (bicyclic) bond motifs is 2. The van der Waals surface area contributed by atoms with Gasteiger partial charge in [0.15, 0.2) is 0 Å². The minimum absolute atomic E-state index is 0. The van der Waals surface area contributed by atoms with Crippen molar-refractivity contribution < 1.29 is 44.0 Å². The van der Waals surface area contributed by atoms with E-state index in [1.807, 2.05) is 112 Å². The first-order valence-electron chi connectivity index (χ1n) is 27.8. The van der Waals surface area contributed by atoms with E-state index in [-0.39, 0.29) is 54.2 Å². The molecule has 17 heteroatoms. The summed E-state index contributed by atoms with van der Waals surface area (Å²) in [5, 5.41) is 46.1. The molecule has 2 amide bonds. The van der Waals surface area contributed by atoms with E-state index in [0.29, 0.717) is 36.4 Å². The van der Waals surface area contributed by atoms with Crippen molar-refractivity contribution in [2.75, 3.05) is 13.7 Å². The van der Waals surface area contributed by atoms with E-state index in [1.54, 1.807) is 55.5 Å². The topological polar surface area (TPSA) is 238 Å². The number of hydrogen-bond acceptors (Lipinski definition) is 10. The summed E-state index contributed by atoms with van der Waals surface area (Å²) in [6.07, 6.45) is 0. The van der Waals surface area contributed by atoms with Gasteiger partial charge in [-0.05, 0) is 165 Å². The molecule has 4 N–H and O–H groups in total. The molecule has 2 heterocycles. The first-order chi connectivity index (χ1) is 41.3. The van der Waals surface area contributed by atoms with Crippen LogP contribution >= 0.6 is 0 Å². The van der Waals surface area contributed by atoms with Crippen LogP contribution in [0.4, 0.5) is 11.4 Å². The molecule has 10 aromatic rings. The number of amides is 2. The average molecular weight is 1170 g/mol. The van der Waals surface area contributed by atoms with Gasteiger partial charge in [-0.3, -0.25) is 29.8 Å². The molecule has 0 spiro atoms. The van der Waals surface area contributed by atoms with Gasteiger partial charge >= 0.3 is 11.9 Å². The molecule has 0 aliphatic carbocycles. The zero-order valence-electron chi connectivity index (χ0n) is 49.0. The second-order valence-corrected chi connectivity index (χ2v) is 20.6. The van der Waals surface area contributed by atoms with Crippen LogP contribution in [0.25, 0.3) is 44.1 Å². The van der Waals surface area contributed by atoms with Gasteiger partial charge in [0, 0.05) is 88.8 Å². The molecule has 0 bridgehead atoms. The predicted molar refractivity (Wildman–Crippen MR) is 341 cm³/mol. The van der Waals surface area contributed by atoms with Crippen molar-refractivity contribution in [3.05, 3.63) is 269 Å². The van der Waals surface area contributed by atoms with E-state index in [2.05, 4.69) is 58.7 Å². The van der Waals surface area contributed by atoms with Crippen LogP contribution in [0.15, 0.2) is 182 Å². The maximum atomic E-state index is 13.2. The Bertz CT molecular complexity index is 4150. The number of aliphatic hydroxyl groups excluding tert-OH is 1. The monoisotopic (exact) mass is 1170 g/mol. The second kappa shape index (κ2) is 28.4. The van der Waals surface area contributed by atoms with Gasteiger partial charge in [-0.25, -0.2) is 9.59 Å². The van der Waals surface area contributed by atoms with E-state index < -0.39 is 15.8 Å². The number of carboxylic acid groups (broad SMARTS) is 1. The van der Waals surface area contributed by atoms with Crippen molar-refractivity contribution in [2.24, 2.45) is 0 Å². The van der Waals surface area contributed by atoms with Crippen molar-refractivity contribution in [3.8, 4) is 22.3 Å². The number of nitrogens with one attached hydrogen (secondary N) is 2. The number of nitrogens with zero attached hydrogens (tertiary/aromatic N) is 4. The van der Waals surface area contributed by atoms with Gasteiger partial charge in [-0.2, -0.15) is 0 Å². The second-order valence-electron chi connectivity index (χ2n) is 20.6. The highest BCUT2D eigenvalue weighted by Crippen LogP contribution is 2.33. The molecule has 0 aliphatic heterocycles. The highest BCUT2D eigenvalue weighted by Gasteiger charge is 2.21. The summed E-state index contributed by atoms with van der Waals surface area (Å²) in [6, 6.07) is 53.8. The molecule has 0 unspecified atom stereocenters. The van der Waals surface area contributed by atoms with E-state index in [9.17, 15) is 44.5 Å². The van der Waals surface area contributed by atoms with E-state index in [0.717, 1.165) is 95.9 Å². The lowest BCUT2D eigenvalue weighted by Crippen LogP contribution is -2.26. The van der Waals surface area contributed by atoms with Crippen molar-refractivity contribution in [1.82, 2.24) is 19.8 Å². The molecular formula is C70H70N6O11. The molecule has 17 nitrogen and oxygen atoms in total. The molecule has 0 fully saturated rings. The summed E-state index contributed by atoms with van der Waals surface area (Å²) < 4.78 is 9.61. The lowest BCUT2D eigenvalue weighted by molar-refractivity contribution is -0.385. The number of non-ortho nitro benzene ring substituents is 2. The Hall–Kier alpha value is -10.5. The van der Waals surface area contributed by atoms with Crippen molar-refractivity contribution >= 4 is 56.9 Å². The van der Waals surface area contributed by atoms with Gasteiger partial charge in [0.1, 0.15) is 0 Å². The third kappa shape index (κ3) is 14.4. The highest BCUT2D eigenvalue weighted by atomic mass is 16.6. The van der Waals surface area contributed by atoms with Crippen molar-refractivity contribution in [3.63, 3.8) is 0 Å². The number of aliphatic hydroxyl groups is 1. The van der Waals surface area contributed by atoms with Gasteiger partial charge in [-0.1, -0.05) is 104 Å². The van der Waals surface area contributed by atoms with Crippen LogP contribution in [0.3, 0.4) is 0 Å². The Morgan fingerprint density at radius 3 is 1.23 bits per heavy atom. The number of ether oxygens (including phenoxy) is 1. The molecule has 87 heavy (non-hydrogen) atoms. The third-order valence-electron chi connectivity index (χ3n) is 15.5. The Kier molecular flexibility index (Phi) is 20.9. The molecule has 2 atom stereocenters. The number of carbonyl (C=O) groups is 4. The van der Waals surface area contributed by atoms with Crippen LogP contribution in [0, 0.1) is 47.9 Å².